The zero-order valence-electron chi connectivity index (χ0n) is 39.6. The Bertz CT molecular complexity index is 2110. The van der Waals surface area contributed by atoms with E-state index in [1.54, 1.807) is 0 Å². The number of imide groups is 1. The monoisotopic (exact) mass is 860 g/mol. The summed E-state index contributed by atoms with van der Waals surface area (Å²) in [7, 11) is 0. The van der Waals surface area contributed by atoms with E-state index < -0.39 is 0 Å². The van der Waals surface area contributed by atoms with Gasteiger partial charge in [-0.05, 0) is 124 Å². The molecule has 0 atom stereocenters. The molecule has 0 spiro atoms. The number of amides is 2. The molecule has 5 aromatic carbocycles. The van der Waals surface area contributed by atoms with Gasteiger partial charge >= 0.3 is 0 Å². The van der Waals surface area contributed by atoms with Gasteiger partial charge in [-0.15, -0.1) is 0 Å². The predicted molar refractivity (Wildman–Crippen MR) is 264 cm³/mol. The SMILES string of the molecule is CCCCCCCCN1C(=O)c2cc3cc4c5cc(OCCCCCC)c(OCCCCCC)cc5c5cc(OCCCCCC)c(OCCCCCC)cc5c4cc3cc2C1=O. The van der Waals surface area contributed by atoms with Crippen LogP contribution in [0.25, 0.3) is 43.1 Å². The lowest BCUT2D eigenvalue weighted by atomic mass is 9.90. The molecule has 0 aliphatic carbocycles. The standard InChI is InChI=1S/C56H77NO6/c1-6-11-16-21-22-23-28-57-55(58)49-35-41-33-43-44(34-42(41)36-50(49)56(57)59)46-38-52(61-30-25-18-13-8-3)54(63-32-27-20-15-10-5)40-48(46)47-39-53(62-31-26-19-14-9-4)51(37-45(43)47)60-29-24-17-12-7-2/h33-40H,6-32H2,1-5H3. The molecule has 1 heterocycles. The van der Waals surface area contributed by atoms with Gasteiger partial charge in [0.1, 0.15) is 0 Å². The lowest BCUT2D eigenvalue weighted by Crippen LogP contribution is -2.30. The second-order valence-electron chi connectivity index (χ2n) is 18.0. The van der Waals surface area contributed by atoms with Crippen LogP contribution in [0.1, 0.15) is 197 Å². The van der Waals surface area contributed by atoms with E-state index in [-0.39, 0.29) is 11.8 Å². The topological polar surface area (TPSA) is 74.3 Å². The van der Waals surface area contributed by atoms with Crippen molar-refractivity contribution in [2.75, 3.05) is 33.0 Å². The first kappa shape index (κ1) is 47.9. The number of ether oxygens (including phenoxy) is 4. The molecule has 0 radical (unpaired) electrons. The Balaban J connectivity index is 1.50. The molecule has 7 nitrogen and oxygen atoms in total. The fourth-order valence-electron chi connectivity index (χ4n) is 9.09. The van der Waals surface area contributed by atoms with Crippen molar-refractivity contribution in [1.82, 2.24) is 4.90 Å². The van der Waals surface area contributed by atoms with Crippen molar-refractivity contribution in [3.8, 4) is 23.0 Å². The van der Waals surface area contributed by atoms with E-state index in [1.807, 2.05) is 12.1 Å². The zero-order chi connectivity index (χ0) is 44.4. The maximum absolute atomic E-state index is 13.9. The van der Waals surface area contributed by atoms with Crippen LogP contribution in [-0.2, 0) is 0 Å². The third-order valence-corrected chi connectivity index (χ3v) is 12.9. The largest absolute Gasteiger partial charge is 0.490 e. The van der Waals surface area contributed by atoms with Crippen LogP contribution in [0, 0.1) is 0 Å². The second-order valence-corrected chi connectivity index (χ2v) is 18.0. The molecule has 1 aliphatic rings. The molecular formula is C56H77NO6. The third-order valence-electron chi connectivity index (χ3n) is 12.9. The minimum Gasteiger partial charge on any atom is -0.490 e. The molecule has 342 valence electrons. The van der Waals surface area contributed by atoms with Gasteiger partial charge in [-0.3, -0.25) is 14.5 Å². The number of hydrogen-bond donors (Lipinski definition) is 0. The van der Waals surface area contributed by atoms with E-state index in [0.29, 0.717) is 44.1 Å². The summed E-state index contributed by atoms with van der Waals surface area (Å²) in [5.41, 5.74) is 0.995. The van der Waals surface area contributed by atoms with E-state index in [9.17, 15) is 9.59 Å². The molecule has 0 unspecified atom stereocenters. The summed E-state index contributed by atoms with van der Waals surface area (Å²) in [6.07, 6.45) is 24.5. The Morgan fingerprint density at radius 3 is 0.921 bits per heavy atom. The summed E-state index contributed by atoms with van der Waals surface area (Å²) >= 11 is 0. The minimum atomic E-state index is -0.184. The van der Waals surface area contributed by atoms with Crippen LogP contribution in [0.15, 0.2) is 48.5 Å². The van der Waals surface area contributed by atoms with Gasteiger partial charge < -0.3 is 18.9 Å². The van der Waals surface area contributed by atoms with Gasteiger partial charge in [0, 0.05) is 6.54 Å². The average molecular weight is 860 g/mol. The summed E-state index contributed by atoms with van der Waals surface area (Å²) in [5.74, 6) is 2.68. The molecule has 5 aromatic rings. The molecule has 2 amide bonds. The predicted octanol–water partition coefficient (Wildman–Crippen LogP) is 16.1. The van der Waals surface area contributed by atoms with Crippen molar-refractivity contribution >= 4 is 54.9 Å². The smallest absolute Gasteiger partial charge is 0.261 e. The van der Waals surface area contributed by atoms with Gasteiger partial charge in [-0.1, -0.05) is 144 Å². The maximum Gasteiger partial charge on any atom is 0.261 e. The van der Waals surface area contributed by atoms with Crippen LogP contribution < -0.4 is 18.9 Å². The van der Waals surface area contributed by atoms with Crippen molar-refractivity contribution in [2.24, 2.45) is 0 Å². The summed E-state index contributed by atoms with van der Waals surface area (Å²) in [6.45, 7) is 14.1. The van der Waals surface area contributed by atoms with Gasteiger partial charge in [0.2, 0.25) is 0 Å². The number of fused-ring (bicyclic) bond motifs is 8. The molecule has 0 saturated carbocycles. The number of carbonyl (C=O) groups is 2. The summed E-state index contributed by atoms with van der Waals surface area (Å²) in [6, 6.07) is 17.0. The molecule has 0 N–H and O–H groups in total. The van der Waals surface area contributed by atoms with E-state index in [1.165, 1.54) is 75.5 Å². The van der Waals surface area contributed by atoms with Crippen molar-refractivity contribution in [2.45, 2.75) is 176 Å². The number of benzene rings is 5. The first-order chi connectivity index (χ1) is 30.9. The van der Waals surface area contributed by atoms with Crippen molar-refractivity contribution in [1.29, 1.82) is 0 Å². The average Bonchev–Trinajstić information content (AvgIpc) is 3.52. The van der Waals surface area contributed by atoms with Gasteiger partial charge in [-0.25, -0.2) is 0 Å². The first-order valence-electron chi connectivity index (χ1n) is 25.3. The summed E-state index contributed by atoms with van der Waals surface area (Å²) < 4.78 is 26.5. The van der Waals surface area contributed by atoms with Gasteiger partial charge in [0.25, 0.3) is 11.8 Å². The molecule has 7 heteroatoms. The number of rotatable bonds is 31. The van der Waals surface area contributed by atoms with E-state index in [2.05, 4.69) is 71.0 Å². The van der Waals surface area contributed by atoms with Crippen LogP contribution in [-0.4, -0.2) is 49.7 Å². The molecule has 63 heavy (non-hydrogen) atoms. The molecule has 6 rings (SSSR count). The molecule has 0 saturated heterocycles. The molecular weight excluding hydrogens is 783 g/mol. The lowest BCUT2D eigenvalue weighted by molar-refractivity contribution is 0.0651. The zero-order valence-corrected chi connectivity index (χ0v) is 39.6. The Hall–Kier alpha value is -4.52. The Morgan fingerprint density at radius 2 is 0.603 bits per heavy atom. The fourth-order valence-corrected chi connectivity index (χ4v) is 9.09. The van der Waals surface area contributed by atoms with Crippen LogP contribution in [0.2, 0.25) is 0 Å². The number of nitrogens with zero attached hydrogens (tertiary/aromatic N) is 1. The van der Waals surface area contributed by atoms with Crippen LogP contribution in [0.4, 0.5) is 0 Å². The van der Waals surface area contributed by atoms with Crippen molar-refractivity contribution in [3.05, 3.63) is 59.7 Å². The first-order valence-corrected chi connectivity index (χ1v) is 25.3. The molecule has 0 aromatic heterocycles. The quantitative estimate of drug-likeness (QED) is 0.0191. The van der Waals surface area contributed by atoms with Crippen molar-refractivity contribution in [3.63, 3.8) is 0 Å². The highest BCUT2D eigenvalue weighted by molar-refractivity contribution is 6.29. The van der Waals surface area contributed by atoms with Gasteiger partial charge in [-0.2, -0.15) is 0 Å². The minimum absolute atomic E-state index is 0.184. The Morgan fingerprint density at radius 1 is 0.333 bits per heavy atom. The van der Waals surface area contributed by atoms with E-state index >= 15 is 0 Å². The highest BCUT2D eigenvalue weighted by atomic mass is 16.5. The molecule has 0 fully saturated rings. The molecule has 1 aliphatic heterocycles. The summed E-state index contributed by atoms with van der Waals surface area (Å²) in [4.78, 5) is 29.2. The maximum atomic E-state index is 13.9. The Kier molecular flexibility index (Phi) is 19.1. The second kappa shape index (κ2) is 25.1. The Labute approximate surface area is 378 Å². The molecule has 0 bridgehead atoms. The van der Waals surface area contributed by atoms with Gasteiger partial charge in [0.15, 0.2) is 23.0 Å². The number of hydrogen-bond acceptors (Lipinski definition) is 6. The normalized spacial score (nSPS) is 12.7. The highest BCUT2D eigenvalue weighted by Gasteiger charge is 2.35. The highest BCUT2D eigenvalue weighted by Crippen LogP contribution is 2.46. The number of carbonyl (C=O) groups excluding carboxylic acids is 2. The van der Waals surface area contributed by atoms with Gasteiger partial charge in [0.05, 0.1) is 37.6 Å². The summed E-state index contributed by atoms with van der Waals surface area (Å²) in [5, 5.41) is 8.19. The van der Waals surface area contributed by atoms with E-state index in [4.69, 9.17) is 18.9 Å². The van der Waals surface area contributed by atoms with Crippen LogP contribution in [0.3, 0.4) is 0 Å². The fraction of sp³-hybridized carbons (Fsp3) is 0.571. The number of unbranched alkanes of at least 4 members (excludes halogenated alkanes) is 17. The third kappa shape index (κ3) is 12.4. The lowest BCUT2D eigenvalue weighted by Gasteiger charge is -2.19. The van der Waals surface area contributed by atoms with Crippen LogP contribution >= 0.6 is 0 Å². The van der Waals surface area contributed by atoms with Crippen LogP contribution in [0.5, 0.6) is 23.0 Å². The van der Waals surface area contributed by atoms with Crippen molar-refractivity contribution < 1.29 is 28.5 Å². The van der Waals surface area contributed by atoms with E-state index in [0.717, 1.165) is 137 Å².